The maximum absolute atomic E-state index is 13.6. The Balaban J connectivity index is 1.53. The van der Waals surface area contributed by atoms with E-state index in [-0.39, 0.29) is 5.76 Å². The number of carbonyl (C=O) groups is 4. The molecule has 2 aliphatic heterocycles. The molecule has 0 radical (unpaired) electrons. The highest BCUT2D eigenvalue weighted by Gasteiger charge is 2.69. The fraction of sp³-hybridized carbons (Fsp3) is 0.231. The SMILES string of the molecule is O=C(O)CC1(C(=O)O)NC(c2ccc(-c3ccccc3)cc2)C2C(=O)N(Cc3ccc([N+](=O)[O-])o3)C(=O)C21. The highest BCUT2D eigenvalue weighted by atomic mass is 16.6. The average Bonchev–Trinajstić information content (AvgIpc) is 3.56. The number of fused-ring (bicyclic) bond motifs is 1. The molecule has 2 aromatic carbocycles. The van der Waals surface area contributed by atoms with Crippen molar-refractivity contribution in [2.45, 2.75) is 24.5 Å². The Kier molecular flexibility index (Phi) is 6.03. The lowest BCUT2D eigenvalue weighted by molar-refractivity contribution is -0.402. The molecule has 194 valence electrons. The van der Waals surface area contributed by atoms with Crippen LogP contribution in [0.3, 0.4) is 0 Å². The molecule has 2 aliphatic rings. The molecule has 2 saturated heterocycles. The molecule has 1 aromatic heterocycles. The van der Waals surface area contributed by atoms with Crippen LogP contribution in [0.25, 0.3) is 11.1 Å². The predicted octanol–water partition coefficient (Wildman–Crippen LogP) is 2.60. The second-order valence-electron chi connectivity index (χ2n) is 9.22. The van der Waals surface area contributed by atoms with Crippen LogP contribution in [0.1, 0.15) is 23.8 Å². The van der Waals surface area contributed by atoms with Crippen LogP contribution in [0.4, 0.5) is 5.88 Å². The summed E-state index contributed by atoms with van der Waals surface area (Å²) in [6, 6.07) is 17.8. The number of benzene rings is 2. The number of nitrogens with zero attached hydrogens (tertiary/aromatic N) is 2. The van der Waals surface area contributed by atoms with Gasteiger partial charge in [-0.05, 0) is 22.8 Å². The van der Waals surface area contributed by atoms with Crippen LogP contribution in [0, 0.1) is 22.0 Å². The van der Waals surface area contributed by atoms with E-state index in [4.69, 9.17) is 4.42 Å². The fourth-order valence-electron chi connectivity index (χ4n) is 5.40. The van der Waals surface area contributed by atoms with E-state index < -0.39 is 70.9 Å². The van der Waals surface area contributed by atoms with Gasteiger partial charge in [0.2, 0.25) is 11.8 Å². The second kappa shape index (κ2) is 9.23. The molecule has 0 spiro atoms. The molecule has 4 atom stereocenters. The highest BCUT2D eigenvalue weighted by Crippen LogP contribution is 2.50. The Morgan fingerprint density at radius 3 is 2.21 bits per heavy atom. The van der Waals surface area contributed by atoms with E-state index in [1.54, 1.807) is 24.3 Å². The van der Waals surface area contributed by atoms with Gasteiger partial charge < -0.3 is 14.6 Å². The number of hydrogen-bond donors (Lipinski definition) is 3. The Labute approximate surface area is 214 Å². The van der Waals surface area contributed by atoms with Crippen LogP contribution in [0.15, 0.2) is 71.1 Å². The third-order valence-corrected chi connectivity index (χ3v) is 7.08. The highest BCUT2D eigenvalue weighted by molar-refractivity contribution is 6.10. The van der Waals surface area contributed by atoms with Gasteiger partial charge in [0.25, 0.3) is 0 Å². The summed E-state index contributed by atoms with van der Waals surface area (Å²) in [5, 5.41) is 33.5. The van der Waals surface area contributed by atoms with Crippen LogP contribution in [-0.2, 0) is 25.7 Å². The lowest BCUT2D eigenvalue weighted by Crippen LogP contribution is -2.56. The number of nitrogens with one attached hydrogen (secondary N) is 1. The quantitative estimate of drug-likeness (QED) is 0.227. The topological polar surface area (TPSA) is 180 Å². The number of aliphatic carboxylic acids is 2. The zero-order valence-corrected chi connectivity index (χ0v) is 19.6. The smallest absolute Gasteiger partial charge is 0.433 e. The maximum atomic E-state index is 13.6. The number of amides is 2. The Morgan fingerprint density at radius 2 is 1.63 bits per heavy atom. The number of carboxylic acids is 2. The van der Waals surface area contributed by atoms with Crippen molar-refractivity contribution in [2.75, 3.05) is 0 Å². The Morgan fingerprint density at radius 1 is 0.974 bits per heavy atom. The molecule has 0 bridgehead atoms. The average molecular weight is 519 g/mol. The van der Waals surface area contributed by atoms with E-state index in [0.717, 1.165) is 22.1 Å². The summed E-state index contributed by atoms with van der Waals surface area (Å²) in [4.78, 5) is 62.3. The van der Waals surface area contributed by atoms with Gasteiger partial charge in [0.1, 0.15) is 16.2 Å². The van der Waals surface area contributed by atoms with Crippen LogP contribution >= 0.6 is 0 Å². The summed E-state index contributed by atoms with van der Waals surface area (Å²) in [5.41, 5.74) is 0.0576. The van der Waals surface area contributed by atoms with Gasteiger partial charge in [-0.2, -0.15) is 0 Å². The number of nitro groups is 1. The number of rotatable bonds is 8. The minimum atomic E-state index is -2.25. The summed E-state index contributed by atoms with van der Waals surface area (Å²) >= 11 is 0. The molecule has 0 saturated carbocycles. The van der Waals surface area contributed by atoms with Crippen molar-refractivity contribution < 1.29 is 38.7 Å². The van der Waals surface area contributed by atoms with Gasteiger partial charge in [-0.3, -0.25) is 39.5 Å². The Bertz CT molecular complexity index is 1450. The van der Waals surface area contributed by atoms with Crippen molar-refractivity contribution in [3.63, 3.8) is 0 Å². The molecule has 3 N–H and O–H groups in total. The predicted molar refractivity (Wildman–Crippen MR) is 128 cm³/mol. The summed E-state index contributed by atoms with van der Waals surface area (Å²) < 4.78 is 5.09. The monoisotopic (exact) mass is 519 g/mol. The van der Waals surface area contributed by atoms with E-state index in [1.165, 1.54) is 6.07 Å². The zero-order valence-electron chi connectivity index (χ0n) is 19.6. The van der Waals surface area contributed by atoms with E-state index in [0.29, 0.717) is 5.56 Å². The number of carbonyl (C=O) groups excluding carboxylic acids is 2. The maximum Gasteiger partial charge on any atom is 0.433 e. The molecule has 12 nitrogen and oxygen atoms in total. The first-order valence-electron chi connectivity index (χ1n) is 11.6. The van der Waals surface area contributed by atoms with Crippen LogP contribution < -0.4 is 5.32 Å². The van der Waals surface area contributed by atoms with E-state index >= 15 is 0 Å². The van der Waals surface area contributed by atoms with Gasteiger partial charge in [0, 0.05) is 6.04 Å². The summed E-state index contributed by atoms with van der Waals surface area (Å²) in [5.74, 6) is -8.01. The van der Waals surface area contributed by atoms with E-state index in [9.17, 15) is 39.5 Å². The lowest BCUT2D eigenvalue weighted by atomic mass is 9.77. The van der Waals surface area contributed by atoms with Gasteiger partial charge in [0.05, 0.1) is 30.9 Å². The largest absolute Gasteiger partial charge is 0.481 e. The molecule has 38 heavy (non-hydrogen) atoms. The second-order valence-corrected chi connectivity index (χ2v) is 9.22. The third-order valence-electron chi connectivity index (χ3n) is 7.08. The first-order chi connectivity index (χ1) is 18.1. The Hall–Kier alpha value is -4.84. The van der Waals surface area contributed by atoms with Gasteiger partial charge in [-0.15, -0.1) is 0 Å². The molecule has 3 heterocycles. The van der Waals surface area contributed by atoms with E-state index in [2.05, 4.69) is 5.32 Å². The van der Waals surface area contributed by atoms with Gasteiger partial charge >= 0.3 is 17.8 Å². The van der Waals surface area contributed by atoms with Crippen molar-refractivity contribution in [2.24, 2.45) is 11.8 Å². The van der Waals surface area contributed by atoms with E-state index in [1.807, 2.05) is 30.3 Å². The molecule has 12 heteroatoms. The summed E-state index contributed by atoms with van der Waals surface area (Å²) in [7, 11) is 0. The van der Waals surface area contributed by atoms with Gasteiger partial charge in [-0.25, -0.2) is 0 Å². The van der Waals surface area contributed by atoms with Crippen molar-refractivity contribution in [3.05, 3.63) is 88.2 Å². The third kappa shape index (κ3) is 4.00. The van der Waals surface area contributed by atoms with Crippen LogP contribution in [0.2, 0.25) is 0 Å². The molecule has 2 fully saturated rings. The number of hydrogen-bond acceptors (Lipinski definition) is 8. The molecular formula is C26H21N3O9. The minimum Gasteiger partial charge on any atom is -0.481 e. The molecule has 4 unspecified atom stereocenters. The minimum absolute atomic E-state index is 0.0470. The number of furan rings is 1. The first kappa shape index (κ1) is 24.8. The fourth-order valence-corrected chi connectivity index (χ4v) is 5.40. The number of imide groups is 1. The first-order valence-corrected chi connectivity index (χ1v) is 11.6. The molecule has 2 amide bonds. The van der Waals surface area contributed by atoms with Crippen molar-refractivity contribution >= 4 is 29.6 Å². The van der Waals surface area contributed by atoms with Crippen molar-refractivity contribution in [3.8, 4) is 11.1 Å². The van der Waals surface area contributed by atoms with Crippen molar-refractivity contribution in [1.29, 1.82) is 0 Å². The molecule has 5 rings (SSSR count). The van der Waals surface area contributed by atoms with Crippen molar-refractivity contribution in [1.82, 2.24) is 10.2 Å². The summed E-state index contributed by atoms with van der Waals surface area (Å²) in [6.45, 7) is -0.457. The normalized spacial score (nSPS) is 24.4. The standard InChI is InChI=1S/C26H21N3O9/c30-19(31)12-26(25(34)35)21-20(23(32)28(24(21)33)13-17-10-11-18(38-17)29(36)37)22(27-26)16-8-6-15(7-9-16)14-4-2-1-3-5-14/h1-11,20-22,27H,12-13H2,(H,30,31)(H,34,35). The summed E-state index contributed by atoms with van der Waals surface area (Å²) in [6.07, 6.45) is -0.943. The lowest BCUT2D eigenvalue weighted by Gasteiger charge is -2.29. The molecule has 0 aliphatic carbocycles. The van der Waals surface area contributed by atoms with Crippen LogP contribution in [0.5, 0.6) is 0 Å². The van der Waals surface area contributed by atoms with Gasteiger partial charge in [-0.1, -0.05) is 54.6 Å². The number of carboxylic acid groups (broad SMARTS) is 2. The zero-order chi connectivity index (χ0) is 27.2. The number of likely N-dealkylation sites (tertiary alicyclic amines) is 1. The van der Waals surface area contributed by atoms with Gasteiger partial charge in [0.15, 0.2) is 0 Å². The molecular weight excluding hydrogens is 498 g/mol. The van der Waals surface area contributed by atoms with Crippen LogP contribution in [-0.4, -0.2) is 49.3 Å². The molecule has 3 aromatic rings.